The van der Waals surface area contributed by atoms with Crippen molar-refractivity contribution in [2.75, 3.05) is 25.0 Å². The Balaban J connectivity index is 1.78. The maximum atomic E-state index is 13.0. The Morgan fingerprint density at radius 1 is 1.21 bits per heavy atom. The number of carbonyl (C=O) groups is 1. The van der Waals surface area contributed by atoms with E-state index in [1.165, 1.54) is 13.1 Å². The van der Waals surface area contributed by atoms with E-state index >= 15 is 0 Å². The number of carbonyl (C=O) groups excluding carboxylic acids is 1. The molecular formula is C21H28N4O3. The summed E-state index contributed by atoms with van der Waals surface area (Å²) in [6.45, 7) is 4.19. The molecule has 0 aliphatic carbocycles. The van der Waals surface area contributed by atoms with Crippen LogP contribution in [0.15, 0.2) is 46.0 Å². The summed E-state index contributed by atoms with van der Waals surface area (Å²) in [4.78, 5) is 41.3. The van der Waals surface area contributed by atoms with Crippen molar-refractivity contribution in [2.45, 2.75) is 32.9 Å². The van der Waals surface area contributed by atoms with E-state index in [9.17, 15) is 14.4 Å². The van der Waals surface area contributed by atoms with Crippen LogP contribution in [0.3, 0.4) is 0 Å². The molecule has 1 unspecified atom stereocenters. The third-order valence-corrected chi connectivity index (χ3v) is 5.43. The van der Waals surface area contributed by atoms with Gasteiger partial charge in [-0.15, -0.1) is 0 Å². The molecule has 1 atom stereocenters. The van der Waals surface area contributed by atoms with Crippen molar-refractivity contribution in [3.63, 3.8) is 0 Å². The molecule has 0 saturated carbocycles. The van der Waals surface area contributed by atoms with E-state index in [4.69, 9.17) is 0 Å². The summed E-state index contributed by atoms with van der Waals surface area (Å²) in [5.41, 5.74) is 0.455. The van der Waals surface area contributed by atoms with Crippen LogP contribution in [0.5, 0.6) is 0 Å². The third-order valence-electron chi connectivity index (χ3n) is 5.43. The van der Waals surface area contributed by atoms with E-state index in [2.05, 4.69) is 0 Å². The lowest BCUT2D eigenvalue weighted by Crippen LogP contribution is -2.47. The first-order valence-electron chi connectivity index (χ1n) is 9.77. The van der Waals surface area contributed by atoms with E-state index in [0.717, 1.165) is 29.5 Å². The van der Waals surface area contributed by atoms with Gasteiger partial charge in [0.25, 0.3) is 5.56 Å². The van der Waals surface area contributed by atoms with Gasteiger partial charge in [-0.1, -0.05) is 30.3 Å². The van der Waals surface area contributed by atoms with E-state index < -0.39 is 0 Å². The Labute approximate surface area is 164 Å². The van der Waals surface area contributed by atoms with Gasteiger partial charge in [-0.25, -0.2) is 4.79 Å². The molecule has 28 heavy (non-hydrogen) atoms. The lowest BCUT2D eigenvalue weighted by molar-refractivity contribution is -0.135. The minimum absolute atomic E-state index is 0.0998. The maximum absolute atomic E-state index is 13.0. The minimum atomic E-state index is -0.320. The lowest BCUT2D eigenvalue weighted by Gasteiger charge is -2.36. The summed E-state index contributed by atoms with van der Waals surface area (Å²) >= 11 is 0. The van der Waals surface area contributed by atoms with Gasteiger partial charge in [0.05, 0.1) is 5.92 Å². The predicted octanol–water partition coefficient (Wildman–Crippen LogP) is 1.44. The molecule has 2 heterocycles. The van der Waals surface area contributed by atoms with E-state index in [1.54, 1.807) is 9.47 Å². The zero-order valence-electron chi connectivity index (χ0n) is 16.8. The fourth-order valence-corrected chi connectivity index (χ4v) is 3.85. The van der Waals surface area contributed by atoms with Gasteiger partial charge in [0.2, 0.25) is 5.91 Å². The quantitative estimate of drug-likeness (QED) is 0.782. The van der Waals surface area contributed by atoms with Crippen molar-refractivity contribution in [3.8, 4) is 0 Å². The average Bonchev–Trinajstić information content (AvgIpc) is 2.72. The Hall–Kier alpha value is -2.83. The molecule has 2 aromatic rings. The number of anilines is 1. The molecule has 1 saturated heterocycles. The van der Waals surface area contributed by atoms with Crippen LogP contribution in [0.1, 0.15) is 25.3 Å². The standard InChI is InChI=1S/C21H28N4O3/c1-4-25-18(13-19(26)23(3)21(25)28)24-12-8-11-17(15-24)20(27)22(2)14-16-9-6-5-7-10-16/h5-7,9-10,13,17H,4,8,11-12,14-15H2,1-3H3. The van der Waals surface area contributed by atoms with Crippen molar-refractivity contribution >= 4 is 11.7 Å². The normalized spacial score (nSPS) is 16.8. The maximum Gasteiger partial charge on any atom is 0.332 e. The van der Waals surface area contributed by atoms with E-state index in [-0.39, 0.29) is 23.1 Å². The van der Waals surface area contributed by atoms with Crippen LogP contribution in [0, 0.1) is 5.92 Å². The first-order valence-corrected chi connectivity index (χ1v) is 9.77. The number of benzene rings is 1. The van der Waals surface area contributed by atoms with Crippen molar-refractivity contribution < 1.29 is 4.79 Å². The zero-order chi connectivity index (χ0) is 20.3. The second kappa shape index (κ2) is 8.46. The van der Waals surface area contributed by atoms with Gasteiger partial charge < -0.3 is 9.80 Å². The van der Waals surface area contributed by atoms with Crippen molar-refractivity contribution in [3.05, 3.63) is 62.8 Å². The first kappa shape index (κ1) is 19.9. The number of hydrogen-bond acceptors (Lipinski definition) is 4. The van der Waals surface area contributed by atoms with E-state index in [1.807, 2.05) is 49.2 Å². The average molecular weight is 384 g/mol. The van der Waals surface area contributed by atoms with Crippen LogP contribution in [0.25, 0.3) is 0 Å². The fourth-order valence-electron chi connectivity index (χ4n) is 3.85. The van der Waals surface area contributed by atoms with Crippen LogP contribution < -0.4 is 16.1 Å². The van der Waals surface area contributed by atoms with Gasteiger partial charge in [0, 0.05) is 46.3 Å². The SMILES string of the molecule is CCn1c(N2CCCC(C(=O)N(C)Cc3ccccc3)C2)cc(=O)n(C)c1=O. The first-order chi connectivity index (χ1) is 13.4. The summed E-state index contributed by atoms with van der Waals surface area (Å²) in [7, 11) is 3.32. The lowest BCUT2D eigenvalue weighted by atomic mass is 9.96. The number of aromatic nitrogens is 2. The molecule has 1 aliphatic rings. The second-order valence-electron chi connectivity index (χ2n) is 7.39. The number of hydrogen-bond donors (Lipinski definition) is 0. The molecule has 0 radical (unpaired) electrons. The molecule has 1 aliphatic heterocycles. The Kier molecular flexibility index (Phi) is 6.02. The molecule has 150 valence electrons. The summed E-state index contributed by atoms with van der Waals surface area (Å²) in [6, 6.07) is 11.4. The van der Waals surface area contributed by atoms with Gasteiger partial charge >= 0.3 is 5.69 Å². The smallest absolute Gasteiger partial charge is 0.332 e. The molecule has 1 amide bonds. The molecule has 7 heteroatoms. The molecule has 0 bridgehead atoms. The van der Waals surface area contributed by atoms with Gasteiger partial charge in [-0.3, -0.25) is 18.7 Å². The van der Waals surface area contributed by atoms with Crippen LogP contribution in [0.2, 0.25) is 0 Å². The monoisotopic (exact) mass is 384 g/mol. The predicted molar refractivity (Wildman–Crippen MR) is 109 cm³/mol. The number of amides is 1. The fraction of sp³-hybridized carbons (Fsp3) is 0.476. The van der Waals surface area contributed by atoms with Crippen LogP contribution in [-0.2, 0) is 24.9 Å². The summed E-state index contributed by atoms with van der Waals surface area (Å²) in [5, 5.41) is 0. The molecule has 3 rings (SSSR count). The molecule has 0 N–H and O–H groups in total. The van der Waals surface area contributed by atoms with Crippen molar-refractivity contribution in [2.24, 2.45) is 13.0 Å². The topological polar surface area (TPSA) is 67.6 Å². The molecule has 1 aromatic heterocycles. The summed E-state index contributed by atoms with van der Waals surface area (Å²) < 4.78 is 2.72. The van der Waals surface area contributed by atoms with Gasteiger partial charge in [0.15, 0.2) is 0 Å². The number of piperidine rings is 1. The van der Waals surface area contributed by atoms with Crippen LogP contribution in [-0.4, -0.2) is 40.1 Å². The summed E-state index contributed by atoms with van der Waals surface area (Å²) in [5.74, 6) is 0.563. The van der Waals surface area contributed by atoms with Crippen molar-refractivity contribution in [1.29, 1.82) is 0 Å². The molecule has 7 nitrogen and oxygen atoms in total. The highest BCUT2D eigenvalue weighted by Crippen LogP contribution is 2.23. The zero-order valence-corrected chi connectivity index (χ0v) is 16.8. The third kappa shape index (κ3) is 4.03. The Bertz CT molecular complexity index is 948. The van der Waals surface area contributed by atoms with Crippen molar-refractivity contribution in [1.82, 2.24) is 14.0 Å². The largest absolute Gasteiger partial charge is 0.357 e. The summed E-state index contributed by atoms with van der Waals surface area (Å²) in [6.07, 6.45) is 1.67. The number of rotatable bonds is 5. The van der Waals surface area contributed by atoms with E-state index in [0.29, 0.717) is 25.5 Å². The van der Waals surface area contributed by atoms with Gasteiger partial charge in [-0.05, 0) is 25.3 Å². The van der Waals surface area contributed by atoms with Gasteiger partial charge in [-0.2, -0.15) is 0 Å². The molecule has 1 fully saturated rings. The Morgan fingerprint density at radius 3 is 2.61 bits per heavy atom. The molecule has 0 spiro atoms. The molecule has 1 aromatic carbocycles. The van der Waals surface area contributed by atoms with Crippen LogP contribution in [0.4, 0.5) is 5.82 Å². The highest BCUT2D eigenvalue weighted by atomic mass is 16.2. The second-order valence-corrected chi connectivity index (χ2v) is 7.39. The highest BCUT2D eigenvalue weighted by Gasteiger charge is 2.29. The van der Waals surface area contributed by atoms with Gasteiger partial charge in [0.1, 0.15) is 5.82 Å². The molecular weight excluding hydrogens is 356 g/mol. The highest BCUT2D eigenvalue weighted by molar-refractivity contribution is 5.79. The van der Waals surface area contributed by atoms with Crippen LogP contribution >= 0.6 is 0 Å². The minimum Gasteiger partial charge on any atom is -0.357 e. The number of nitrogens with zero attached hydrogens (tertiary/aromatic N) is 4. The Morgan fingerprint density at radius 2 is 1.93 bits per heavy atom.